The molecule has 0 heterocycles. The molecule has 0 aliphatic carbocycles. The molecule has 1 nitrogen and oxygen atoms in total. The van der Waals surface area contributed by atoms with Crippen molar-refractivity contribution in [2.45, 2.75) is 238 Å². The van der Waals surface area contributed by atoms with E-state index < -0.39 is 0 Å². The van der Waals surface area contributed by atoms with Crippen molar-refractivity contribution < 1.29 is 0 Å². The smallest absolute Gasteiger partial charge is 0.0409 e. The maximum atomic E-state index is 7.14. The molecule has 0 amide bonds. The largest absolute Gasteiger partial charge is 0.321 e. The Morgan fingerprint density at radius 3 is 0.822 bits per heavy atom. The molecular weight excluding hydrogens is 566 g/mol. The van der Waals surface area contributed by atoms with Gasteiger partial charge in [0.2, 0.25) is 0 Å². The average molecular weight is 649 g/mol. The van der Waals surface area contributed by atoms with Gasteiger partial charge in [0.1, 0.15) is 0 Å². The van der Waals surface area contributed by atoms with Gasteiger partial charge >= 0.3 is 0 Å². The topological polar surface area (TPSA) is 26.0 Å². The summed E-state index contributed by atoms with van der Waals surface area (Å²) in [5.41, 5.74) is 8.37. The number of hydrogen-bond acceptors (Lipinski definition) is 1. The van der Waals surface area contributed by atoms with Gasteiger partial charge in [-0.25, -0.2) is 0 Å². The molecule has 0 aliphatic rings. The maximum absolute atomic E-state index is 7.14. The minimum absolute atomic E-state index is 0. The van der Waals surface area contributed by atoms with Gasteiger partial charge in [-0.2, -0.15) is 0 Å². The first-order valence-electron chi connectivity index (χ1n) is 20.6. The lowest BCUT2D eigenvalue weighted by molar-refractivity contribution is 0.343. The van der Waals surface area contributed by atoms with Crippen LogP contribution in [0, 0.1) is 0 Å². The van der Waals surface area contributed by atoms with Gasteiger partial charge in [0.15, 0.2) is 0 Å². The van der Waals surface area contributed by atoms with E-state index in [1.165, 1.54) is 211 Å². The van der Waals surface area contributed by atoms with E-state index in [9.17, 15) is 0 Å². The van der Waals surface area contributed by atoms with Gasteiger partial charge in [-0.05, 0) is 18.4 Å². The summed E-state index contributed by atoms with van der Waals surface area (Å²) >= 11 is 0. The van der Waals surface area contributed by atoms with E-state index in [0.717, 1.165) is 12.8 Å². The predicted molar refractivity (Wildman–Crippen MR) is 208 cm³/mol. The Bertz CT molecular complexity index is 638. The number of nitrogens with two attached hydrogens (primary N) is 1. The van der Waals surface area contributed by atoms with Crippen LogP contribution in [0.1, 0.15) is 238 Å². The van der Waals surface area contributed by atoms with Crippen molar-refractivity contribution >= 4 is 12.4 Å². The molecule has 1 aromatic carbocycles. The zero-order chi connectivity index (χ0) is 31.7. The second-order valence-electron chi connectivity index (χ2n) is 14.6. The number of unbranched alkanes of at least 4 members (excludes halogenated alkanes) is 30. The van der Waals surface area contributed by atoms with E-state index in [0.29, 0.717) is 0 Å². The van der Waals surface area contributed by atoms with Crippen LogP contribution in [0.25, 0.3) is 0 Å². The zero-order valence-corrected chi connectivity index (χ0v) is 31.7. The summed E-state index contributed by atoms with van der Waals surface area (Å²) in [6.07, 6.45) is 47.9. The molecule has 0 fully saturated rings. The molecular formula is C43H82ClN. The first kappa shape index (κ1) is 44.5. The fourth-order valence-electron chi connectivity index (χ4n) is 7.16. The summed E-state index contributed by atoms with van der Waals surface area (Å²) < 4.78 is 0. The summed E-state index contributed by atoms with van der Waals surface area (Å²) in [5.74, 6) is 0. The van der Waals surface area contributed by atoms with Crippen molar-refractivity contribution in [3.8, 4) is 0 Å². The minimum Gasteiger partial charge on any atom is -0.321 e. The molecule has 0 bridgehead atoms. The first-order valence-corrected chi connectivity index (χ1v) is 20.6. The lowest BCUT2D eigenvalue weighted by Gasteiger charge is -2.30. The third-order valence-corrected chi connectivity index (χ3v) is 10.3. The molecule has 45 heavy (non-hydrogen) atoms. The van der Waals surface area contributed by atoms with E-state index in [1.54, 1.807) is 0 Å². The monoisotopic (exact) mass is 648 g/mol. The van der Waals surface area contributed by atoms with E-state index in [1.807, 2.05) is 0 Å². The highest BCUT2D eigenvalue weighted by Crippen LogP contribution is 2.31. The normalized spacial score (nSPS) is 11.6. The Morgan fingerprint density at radius 2 is 0.578 bits per heavy atom. The van der Waals surface area contributed by atoms with Crippen LogP contribution >= 0.6 is 12.4 Å². The SMILES string of the molecule is CCCCCCCCCCCCCCCCCCC(N)(CCCCCCCCCCCCCCCCCC)c1ccccc1.Cl. The molecule has 0 atom stereocenters. The quantitative estimate of drug-likeness (QED) is 0.0729. The van der Waals surface area contributed by atoms with E-state index in [2.05, 4.69) is 44.2 Å². The Hall–Kier alpha value is -0.530. The molecule has 0 saturated carbocycles. The summed E-state index contributed by atoms with van der Waals surface area (Å²) in [6, 6.07) is 11.0. The Kier molecular flexibility index (Phi) is 34.4. The number of rotatable bonds is 35. The third-order valence-electron chi connectivity index (χ3n) is 10.3. The Balaban J connectivity index is 0.0000194. The van der Waals surface area contributed by atoms with Crippen molar-refractivity contribution in [1.29, 1.82) is 0 Å². The van der Waals surface area contributed by atoms with Crippen molar-refractivity contribution in [2.24, 2.45) is 5.73 Å². The molecule has 1 rings (SSSR count). The third kappa shape index (κ3) is 28.2. The fourth-order valence-corrected chi connectivity index (χ4v) is 7.16. The molecule has 0 spiro atoms. The summed E-state index contributed by atoms with van der Waals surface area (Å²) in [6.45, 7) is 4.61. The lowest BCUT2D eigenvalue weighted by atomic mass is 9.81. The second-order valence-corrected chi connectivity index (χ2v) is 14.6. The van der Waals surface area contributed by atoms with Gasteiger partial charge < -0.3 is 5.73 Å². The van der Waals surface area contributed by atoms with Gasteiger partial charge in [-0.1, -0.05) is 250 Å². The molecule has 0 aromatic heterocycles. The van der Waals surface area contributed by atoms with Crippen LogP contribution in [0.3, 0.4) is 0 Å². The van der Waals surface area contributed by atoms with Crippen molar-refractivity contribution in [1.82, 2.24) is 0 Å². The Morgan fingerprint density at radius 1 is 0.356 bits per heavy atom. The van der Waals surface area contributed by atoms with Gasteiger partial charge in [0.25, 0.3) is 0 Å². The van der Waals surface area contributed by atoms with Crippen LogP contribution in [-0.2, 0) is 5.54 Å². The van der Waals surface area contributed by atoms with Crippen LogP contribution < -0.4 is 5.73 Å². The first-order chi connectivity index (χ1) is 21.7. The number of hydrogen-bond donors (Lipinski definition) is 1. The van der Waals surface area contributed by atoms with Crippen molar-refractivity contribution in [3.05, 3.63) is 35.9 Å². The summed E-state index contributed by atoms with van der Waals surface area (Å²) in [4.78, 5) is 0. The molecule has 0 aliphatic heterocycles. The highest BCUT2D eigenvalue weighted by Gasteiger charge is 2.26. The number of halogens is 1. The molecule has 266 valence electrons. The van der Waals surface area contributed by atoms with Gasteiger partial charge in [0.05, 0.1) is 0 Å². The van der Waals surface area contributed by atoms with Crippen LogP contribution in [0.2, 0.25) is 0 Å². The van der Waals surface area contributed by atoms with Crippen LogP contribution in [0.5, 0.6) is 0 Å². The molecule has 0 unspecified atom stereocenters. The van der Waals surface area contributed by atoms with E-state index >= 15 is 0 Å². The second kappa shape index (κ2) is 34.8. The standard InChI is InChI=1S/C43H81N.ClH/c1-3-5-7-9-11-13-15-17-19-21-23-25-27-29-31-36-40-43(44,42-38-34-33-35-39-42)41-37-32-30-28-26-24-22-20-18-16-14-12-10-8-6-4-2;/h33-35,38-39H,3-32,36-37,40-41,44H2,1-2H3;1H. The molecule has 0 saturated heterocycles. The molecule has 0 radical (unpaired) electrons. The van der Waals surface area contributed by atoms with Crippen molar-refractivity contribution in [3.63, 3.8) is 0 Å². The van der Waals surface area contributed by atoms with Gasteiger partial charge in [-0.3, -0.25) is 0 Å². The van der Waals surface area contributed by atoms with Crippen LogP contribution in [0.4, 0.5) is 0 Å². The fraction of sp³-hybridized carbons (Fsp3) is 0.860. The highest BCUT2D eigenvalue weighted by molar-refractivity contribution is 5.85. The Labute approximate surface area is 290 Å². The van der Waals surface area contributed by atoms with E-state index in [4.69, 9.17) is 5.73 Å². The maximum Gasteiger partial charge on any atom is 0.0409 e. The summed E-state index contributed by atoms with van der Waals surface area (Å²) in [7, 11) is 0. The predicted octanol–water partition coefficient (Wildman–Crippen LogP) is 15.6. The average Bonchev–Trinajstić information content (AvgIpc) is 3.04. The van der Waals surface area contributed by atoms with Crippen LogP contribution in [-0.4, -0.2) is 0 Å². The van der Waals surface area contributed by atoms with Crippen molar-refractivity contribution in [2.75, 3.05) is 0 Å². The zero-order valence-electron chi connectivity index (χ0n) is 30.9. The highest BCUT2D eigenvalue weighted by atomic mass is 35.5. The minimum atomic E-state index is -0.132. The number of benzene rings is 1. The van der Waals surface area contributed by atoms with Gasteiger partial charge in [-0.15, -0.1) is 12.4 Å². The molecule has 2 heteroatoms. The van der Waals surface area contributed by atoms with E-state index in [-0.39, 0.29) is 17.9 Å². The molecule has 2 N–H and O–H groups in total. The summed E-state index contributed by atoms with van der Waals surface area (Å²) in [5, 5.41) is 0. The molecule has 1 aromatic rings. The van der Waals surface area contributed by atoms with Crippen LogP contribution in [0.15, 0.2) is 30.3 Å². The lowest BCUT2D eigenvalue weighted by Crippen LogP contribution is -2.36. The van der Waals surface area contributed by atoms with Gasteiger partial charge in [0, 0.05) is 5.54 Å².